The van der Waals surface area contributed by atoms with Gasteiger partial charge in [-0.15, -0.1) is 0 Å². The van der Waals surface area contributed by atoms with Crippen LogP contribution in [0.3, 0.4) is 0 Å². The van der Waals surface area contributed by atoms with E-state index in [1.165, 1.54) is 5.75 Å². The molecular weight excluding hydrogens is 234 g/mol. The Morgan fingerprint density at radius 1 is 0.941 bits per heavy atom. The lowest BCUT2D eigenvalue weighted by Gasteiger charge is -2.18. The minimum atomic E-state index is 0.180. The fraction of sp³-hybridized carbons (Fsp3) is 1.00. The minimum Gasteiger partial charge on any atom is -0.378 e. The smallest absolute Gasteiger partial charge is 0.0701 e. The summed E-state index contributed by atoms with van der Waals surface area (Å²) in [5.41, 5.74) is 0.349. The molecule has 0 saturated heterocycles. The monoisotopic (exact) mass is 265 g/mol. The summed E-state index contributed by atoms with van der Waals surface area (Å²) >= 11 is 0. The van der Waals surface area contributed by atoms with Crippen LogP contribution in [0.25, 0.3) is 0 Å². The zero-order valence-corrected chi connectivity index (χ0v) is 13.1. The van der Waals surface area contributed by atoms with Gasteiger partial charge in [0.1, 0.15) is 0 Å². The molecule has 17 heavy (non-hydrogen) atoms. The average Bonchev–Trinajstić information content (AvgIpc) is 2.18. The van der Waals surface area contributed by atoms with Crippen molar-refractivity contribution < 1.29 is 9.47 Å². The first-order valence-electron chi connectivity index (χ1n) is 6.43. The molecule has 4 heteroatoms. The Bertz CT molecular complexity index is 169. The predicted octanol–water partition coefficient (Wildman–Crippen LogP) is 1.92. The first-order chi connectivity index (χ1) is 7.92. The Kier molecular flexibility index (Phi) is 10.3. The van der Waals surface area contributed by atoms with E-state index >= 15 is 0 Å². The predicted molar refractivity (Wildman–Crippen MR) is 79.7 cm³/mol. The van der Waals surface area contributed by atoms with E-state index in [-0.39, 0.29) is 10.9 Å². The average molecular weight is 265 g/mol. The van der Waals surface area contributed by atoms with Gasteiger partial charge < -0.3 is 14.8 Å². The van der Waals surface area contributed by atoms with Gasteiger partial charge in [-0.25, -0.2) is 0 Å². The molecule has 0 aliphatic carbocycles. The highest BCUT2D eigenvalue weighted by Gasteiger charge is 2.07. The molecule has 0 bridgehead atoms. The van der Waals surface area contributed by atoms with Crippen molar-refractivity contribution >= 4 is 10.9 Å². The first kappa shape index (κ1) is 17.2. The standard InChI is InChI=1S/C13H31NO2S/c1-13(2,3)12-14-6-7-15-8-9-16-10-11-17(4)5/h14,17H,6-12H2,1-5H3. The molecule has 0 aromatic rings. The van der Waals surface area contributed by atoms with Crippen molar-refractivity contribution in [1.29, 1.82) is 0 Å². The molecule has 0 radical (unpaired) electrons. The van der Waals surface area contributed by atoms with Gasteiger partial charge in [-0.1, -0.05) is 20.8 Å². The molecule has 0 heterocycles. The summed E-state index contributed by atoms with van der Waals surface area (Å²) in [6.07, 6.45) is 4.55. The van der Waals surface area contributed by atoms with Gasteiger partial charge >= 0.3 is 0 Å². The van der Waals surface area contributed by atoms with Crippen molar-refractivity contribution in [1.82, 2.24) is 5.32 Å². The van der Waals surface area contributed by atoms with Crippen molar-refractivity contribution in [3.05, 3.63) is 0 Å². The van der Waals surface area contributed by atoms with E-state index < -0.39 is 0 Å². The van der Waals surface area contributed by atoms with Gasteiger partial charge in [-0.3, -0.25) is 10.9 Å². The second-order valence-electron chi connectivity index (χ2n) is 5.77. The molecule has 0 fully saturated rings. The molecule has 1 N–H and O–H groups in total. The third-order valence-corrected chi connectivity index (χ3v) is 3.21. The topological polar surface area (TPSA) is 30.5 Å². The molecule has 0 aromatic carbocycles. The van der Waals surface area contributed by atoms with Crippen LogP contribution in [0.5, 0.6) is 0 Å². The van der Waals surface area contributed by atoms with E-state index in [1.54, 1.807) is 0 Å². The molecule has 0 aromatic heterocycles. The number of ether oxygens (including phenoxy) is 2. The maximum Gasteiger partial charge on any atom is 0.0701 e. The van der Waals surface area contributed by atoms with Crippen molar-refractivity contribution in [3.8, 4) is 0 Å². The van der Waals surface area contributed by atoms with E-state index in [1.807, 2.05) is 0 Å². The van der Waals surface area contributed by atoms with Crippen molar-refractivity contribution in [2.75, 3.05) is 57.8 Å². The second-order valence-corrected chi connectivity index (χ2v) is 8.37. The van der Waals surface area contributed by atoms with Crippen molar-refractivity contribution in [2.24, 2.45) is 5.41 Å². The summed E-state index contributed by atoms with van der Waals surface area (Å²) < 4.78 is 10.9. The third kappa shape index (κ3) is 16.2. The summed E-state index contributed by atoms with van der Waals surface area (Å²) in [6.45, 7) is 11.7. The van der Waals surface area contributed by atoms with Crippen LogP contribution in [0.2, 0.25) is 0 Å². The lowest BCUT2D eigenvalue weighted by molar-refractivity contribution is 0.0544. The van der Waals surface area contributed by atoms with Crippen molar-refractivity contribution in [3.63, 3.8) is 0 Å². The van der Waals surface area contributed by atoms with Gasteiger partial charge in [0.15, 0.2) is 0 Å². The van der Waals surface area contributed by atoms with Crippen LogP contribution < -0.4 is 5.32 Å². The van der Waals surface area contributed by atoms with E-state index in [0.29, 0.717) is 12.0 Å². The highest BCUT2D eigenvalue weighted by molar-refractivity contribution is 8.15. The lowest BCUT2D eigenvalue weighted by atomic mass is 9.97. The van der Waals surface area contributed by atoms with Gasteiger partial charge in [-0.2, -0.15) is 0 Å². The zero-order valence-electron chi connectivity index (χ0n) is 12.2. The SMILES string of the molecule is C[SH](C)CCOCCOCCNCC(C)(C)C. The normalized spacial score (nSPS) is 12.9. The molecule has 0 atom stereocenters. The first-order valence-corrected chi connectivity index (χ1v) is 8.85. The highest BCUT2D eigenvalue weighted by Crippen LogP contribution is 2.11. The van der Waals surface area contributed by atoms with Crippen LogP contribution in [-0.4, -0.2) is 57.8 Å². The van der Waals surface area contributed by atoms with Crippen molar-refractivity contribution in [2.45, 2.75) is 20.8 Å². The summed E-state index contributed by atoms with van der Waals surface area (Å²) in [5.74, 6) is 1.20. The largest absolute Gasteiger partial charge is 0.378 e. The summed E-state index contributed by atoms with van der Waals surface area (Å²) in [7, 11) is 0.180. The Balaban J connectivity index is 3.04. The maximum atomic E-state index is 5.48. The van der Waals surface area contributed by atoms with Crippen LogP contribution >= 0.6 is 10.9 Å². The number of hydrogen-bond acceptors (Lipinski definition) is 3. The molecular formula is C13H31NO2S. The molecule has 0 aliphatic rings. The third-order valence-electron chi connectivity index (χ3n) is 2.13. The number of hydrogen-bond donors (Lipinski definition) is 2. The number of rotatable bonds is 10. The van der Waals surface area contributed by atoms with Crippen LogP contribution in [-0.2, 0) is 9.47 Å². The fourth-order valence-corrected chi connectivity index (χ4v) is 1.67. The molecule has 0 saturated carbocycles. The van der Waals surface area contributed by atoms with Gasteiger partial charge in [-0.05, 0) is 23.7 Å². The molecule has 0 aliphatic heterocycles. The summed E-state index contributed by atoms with van der Waals surface area (Å²) in [5, 5.41) is 3.38. The van der Waals surface area contributed by atoms with Gasteiger partial charge in [0, 0.05) is 13.1 Å². The molecule has 0 unspecified atom stereocenters. The highest BCUT2D eigenvalue weighted by atomic mass is 32.2. The Hall–Kier alpha value is 0.230. The van der Waals surface area contributed by atoms with Crippen LogP contribution in [0.15, 0.2) is 0 Å². The molecule has 0 amide bonds. The number of nitrogens with one attached hydrogen (secondary N) is 1. The van der Waals surface area contributed by atoms with E-state index in [0.717, 1.165) is 32.9 Å². The number of thiol groups is 1. The van der Waals surface area contributed by atoms with Gasteiger partial charge in [0.25, 0.3) is 0 Å². The minimum absolute atomic E-state index is 0.180. The Morgan fingerprint density at radius 3 is 2.06 bits per heavy atom. The van der Waals surface area contributed by atoms with Gasteiger partial charge in [0.05, 0.1) is 26.4 Å². The zero-order chi connectivity index (χ0) is 13.1. The molecule has 106 valence electrons. The maximum absolute atomic E-state index is 5.48. The van der Waals surface area contributed by atoms with E-state index in [4.69, 9.17) is 9.47 Å². The second kappa shape index (κ2) is 10.2. The van der Waals surface area contributed by atoms with Crippen LogP contribution in [0, 0.1) is 5.41 Å². The van der Waals surface area contributed by atoms with E-state index in [2.05, 4.69) is 38.6 Å². The summed E-state index contributed by atoms with van der Waals surface area (Å²) in [4.78, 5) is 0. The van der Waals surface area contributed by atoms with Crippen LogP contribution in [0.1, 0.15) is 20.8 Å². The molecule has 0 rings (SSSR count). The molecule has 3 nitrogen and oxygen atoms in total. The lowest BCUT2D eigenvalue weighted by Crippen LogP contribution is -2.29. The van der Waals surface area contributed by atoms with E-state index in [9.17, 15) is 0 Å². The Labute approximate surface area is 110 Å². The quantitative estimate of drug-likeness (QED) is 0.467. The fourth-order valence-electron chi connectivity index (χ4n) is 1.18. The summed E-state index contributed by atoms with van der Waals surface area (Å²) in [6, 6.07) is 0. The molecule has 0 spiro atoms. The van der Waals surface area contributed by atoms with Gasteiger partial charge in [0.2, 0.25) is 0 Å². The van der Waals surface area contributed by atoms with Crippen LogP contribution in [0.4, 0.5) is 0 Å². The Morgan fingerprint density at radius 2 is 1.53 bits per heavy atom.